The summed E-state index contributed by atoms with van der Waals surface area (Å²) in [6.45, 7) is 14.2. The lowest BCUT2D eigenvalue weighted by atomic mass is 9.98. The topological polar surface area (TPSA) is 76.2 Å². The molecule has 0 aliphatic carbocycles. The molecule has 2 atom stereocenters. The first kappa shape index (κ1) is 28.2. The lowest BCUT2D eigenvalue weighted by Gasteiger charge is -2.36. The Morgan fingerprint density at radius 2 is 1.33 bits per heavy atom. The van der Waals surface area contributed by atoms with Crippen LogP contribution in [0.5, 0.6) is 0 Å². The van der Waals surface area contributed by atoms with Crippen molar-refractivity contribution in [2.45, 2.75) is 86.2 Å². The largest absolute Gasteiger partial charge is 0.464 e. The van der Waals surface area contributed by atoms with Gasteiger partial charge in [0, 0.05) is 14.1 Å². The van der Waals surface area contributed by atoms with Crippen molar-refractivity contribution < 1.29 is 23.9 Å². The number of carbonyl (C=O) groups excluding carboxylic acids is 3. The van der Waals surface area contributed by atoms with Gasteiger partial charge in [-0.2, -0.15) is 0 Å². The molecule has 0 aromatic rings. The molecule has 0 saturated heterocycles. The van der Waals surface area contributed by atoms with Crippen molar-refractivity contribution in [1.29, 1.82) is 0 Å². The van der Waals surface area contributed by atoms with E-state index < -0.39 is 24.1 Å². The lowest BCUT2D eigenvalue weighted by molar-refractivity contribution is -0.158. The van der Waals surface area contributed by atoms with Crippen molar-refractivity contribution in [3.63, 3.8) is 0 Å². The fourth-order valence-corrected chi connectivity index (χ4v) is 3.36. The summed E-state index contributed by atoms with van der Waals surface area (Å²) in [5.41, 5.74) is 0. The van der Waals surface area contributed by atoms with Gasteiger partial charge in [-0.25, -0.2) is 9.59 Å². The van der Waals surface area contributed by atoms with Crippen LogP contribution in [0.3, 0.4) is 0 Å². The summed E-state index contributed by atoms with van der Waals surface area (Å²) in [5.74, 6) is -0.751. The van der Waals surface area contributed by atoms with Crippen LogP contribution in [0.15, 0.2) is 0 Å². The van der Waals surface area contributed by atoms with Crippen LogP contribution < -0.4 is 0 Å². The number of likely N-dealkylation sites (N-methyl/N-ethyl adjacent to an activating group) is 2. The van der Waals surface area contributed by atoms with Crippen LogP contribution in [-0.2, 0) is 19.1 Å². The number of esters is 1. The monoisotopic (exact) mass is 428 g/mol. The molecule has 0 radical (unpaired) electrons. The highest BCUT2D eigenvalue weighted by Gasteiger charge is 2.38. The van der Waals surface area contributed by atoms with Crippen LogP contribution in [-0.4, -0.2) is 67.2 Å². The highest BCUT2D eigenvalue weighted by molar-refractivity contribution is 5.89. The average Bonchev–Trinajstić information content (AvgIpc) is 2.65. The van der Waals surface area contributed by atoms with Gasteiger partial charge in [-0.15, -0.1) is 0 Å². The van der Waals surface area contributed by atoms with Crippen LogP contribution in [0, 0.1) is 17.8 Å². The van der Waals surface area contributed by atoms with E-state index in [1.54, 1.807) is 14.1 Å². The van der Waals surface area contributed by atoms with Crippen molar-refractivity contribution in [1.82, 2.24) is 9.80 Å². The summed E-state index contributed by atoms with van der Waals surface area (Å²) in [5, 5.41) is 0. The molecule has 0 rings (SSSR count). The third-order valence-corrected chi connectivity index (χ3v) is 5.01. The third-order valence-electron chi connectivity index (χ3n) is 5.01. The van der Waals surface area contributed by atoms with E-state index in [1.165, 1.54) is 9.80 Å². The SMILES string of the molecule is CCCCCCOC(=O)C(C(C)C)N(C)C(=O)C(C(C)C)N(C)C(=O)OCC(C)C. The van der Waals surface area contributed by atoms with Crippen LogP contribution in [0.1, 0.15) is 74.1 Å². The molecular formula is C23H44N2O5. The van der Waals surface area contributed by atoms with E-state index in [0.29, 0.717) is 6.61 Å². The van der Waals surface area contributed by atoms with Crippen molar-refractivity contribution >= 4 is 18.0 Å². The van der Waals surface area contributed by atoms with E-state index in [9.17, 15) is 14.4 Å². The Labute approximate surface area is 183 Å². The molecule has 176 valence electrons. The van der Waals surface area contributed by atoms with Gasteiger partial charge in [0.25, 0.3) is 0 Å². The molecule has 2 unspecified atom stereocenters. The predicted molar refractivity (Wildman–Crippen MR) is 119 cm³/mol. The van der Waals surface area contributed by atoms with Crippen LogP contribution >= 0.6 is 0 Å². The normalized spacial score (nSPS) is 13.3. The number of amides is 2. The van der Waals surface area contributed by atoms with Gasteiger partial charge >= 0.3 is 12.1 Å². The van der Waals surface area contributed by atoms with Gasteiger partial charge in [0.1, 0.15) is 12.1 Å². The standard InChI is InChI=1S/C23H44N2O5/c1-10-11-12-13-14-29-22(27)20(18(6)7)24(8)21(26)19(17(4)5)25(9)23(28)30-15-16(2)3/h16-20H,10-15H2,1-9H3. The van der Waals surface area contributed by atoms with Gasteiger partial charge in [-0.3, -0.25) is 9.69 Å². The minimum Gasteiger partial charge on any atom is -0.464 e. The van der Waals surface area contributed by atoms with Gasteiger partial charge in [0.15, 0.2) is 0 Å². The lowest BCUT2D eigenvalue weighted by Crippen LogP contribution is -2.56. The van der Waals surface area contributed by atoms with Gasteiger partial charge in [-0.05, 0) is 24.2 Å². The second-order valence-electron chi connectivity index (χ2n) is 9.14. The molecule has 30 heavy (non-hydrogen) atoms. The molecule has 0 aliphatic rings. The molecule has 0 saturated carbocycles. The summed E-state index contributed by atoms with van der Waals surface area (Å²) in [4.78, 5) is 41.2. The average molecular weight is 429 g/mol. The van der Waals surface area contributed by atoms with Crippen LogP contribution in [0.25, 0.3) is 0 Å². The number of unbranched alkanes of at least 4 members (excludes halogenated alkanes) is 3. The van der Waals surface area contributed by atoms with E-state index in [-0.39, 0.29) is 30.3 Å². The van der Waals surface area contributed by atoms with Crippen molar-refractivity contribution in [3.8, 4) is 0 Å². The molecule has 0 aromatic heterocycles. The number of nitrogens with zero attached hydrogens (tertiary/aromatic N) is 2. The molecule has 0 fully saturated rings. The Morgan fingerprint density at radius 3 is 1.80 bits per heavy atom. The van der Waals surface area contributed by atoms with Gasteiger partial charge in [-0.1, -0.05) is 67.7 Å². The molecular weight excluding hydrogens is 384 g/mol. The summed E-state index contributed by atoms with van der Waals surface area (Å²) in [7, 11) is 3.17. The number of rotatable bonds is 13. The zero-order valence-corrected chi connectivity index (χ0v) is 20.6. The molecule has 0 N–H and O–H groups in total. The quantitative estimate of drug-likeness (QED) is 0.322. The molecule has 0 spiro atoms. The summed E-state index contributed by atoms with van der Waals surface area (Å²) in [6, 6.07) is -1.43. The molecule has 0 bridgehead atoms. The maximum atomic E-state index is 13.3. The Bertz CT molecular complexity index is 534. The maximum Gasteiger partial charge on any atom is 0.410 e. The van der Waals surface area contributed by atoms with Crippen molar-refractivity contribution in [3.05, 3.63) is 0 Å². The first-order valence-corrected chi connectivity index (χ1v) is 11.3. The minimum absolute atomic E-state index is 0.117. The second kappa shape index (κ2) is 14.3. The fraction of sp³-hybridized carbons (Fsp3) is 0.870. The second-order valence-corrected chi connectivity index (χ2v) is 9.14. The molecule has 7 heteroatoms. The van der Waals surface area contributed by atoms with Gasteiger partial charge in [0.05, 0.1) is 13.2 Å². The summed E-state index contributed by atoms with van der Waals surface area (Å²) < 4.78 is 10.7. The zero-order chi connectivity index (χ0) is 23.4. The number of hydrogen-bond donors (Lipinski definition) is 0. The first-order chi connectivity index (χ1) is 13.9. The third kappa shape index (κ3) is 9.35. The zero-order valence-electron chi connectivity index (χ0n) is 20.6. The smallest absolute Gasteiger partial charge is 0.410 e. The van der Waals surface area contributed by atoms with E-state index in [2.05, 4.69) is 6.92 Å². The summed E-state index contributed by atoms with van der Waals surface area (Å²) in [6.07, 6.45) is 3.52. The van der Waals surface area contributed by atoms with Gasteiger partial charge < -0.3 is 14.4 Å². The van der Waals surface area contributed by atoms with E-state index in [0.717, 1.165) is 25.7 Å². The van der Waals surface area contributed by atoms with Gasteiger partial charge in [0.2, 0.25) is 5.91 Å². The van der Waals surface area contributed by atoms with E-state index in [4.69, 9.17) is 9.47 Å². The number of carbonyl (C=O) groups is 3. The molecule has 7 nitrogen and oxygen atoms in total. The van der Waals surface area contributed by atoms with E-state index in [1.807, 2.05) is 41.5 Å². The Hall–Kier alpha value is -1.79. The minimum atomic E-state index is -0.728. The van der Waals surface area contributed by atoms with Crippen LogP contribution in [0.2, 0.25) is 0 Å². The van der Waals surface area contributed by atoms with E-state index >= 15 is 0 Å². The molecule has 2 amide bonds. The Morgan fingerprint density at radius 1 is 0.767 bits per heavy atom. The Balaban J connectivity index is 5.26. The number of ether oxygens (including phenoxy) is 2. The highest BCUT2D eigenvalue weighted by atomic mass is 16.6. The number of hydrogen-bond acceptors (Lipinski definition) is 5. The Kier molecular flexibility index (Phi) is 13.4. The summed E-state index contributed by atoms with van der Waals surface area (Å²) >= 11 is 0. The molecule has 0 heterocycles. The molecule has 0 aromatic carbocycles. The highest BCUT2D eigenvalue weighted by Crippen LogP contribution is 2.19. The predicted octanol–water partition coefficient (Wildman–Crippen LogP) is 4.34. The van der Waals surface area contributed by atoms with Crippen molar-refractivity contribution in [2.75, 3.05) is 27.3 Å². The first-order valence-electron chi connectivity index (χ1n) is 11.3. The van der Waals surface area contributed by atoms with Crippen LogP contribution in [0.4, 0.5) is 4.79 Å². The maximum absolute atomic E-state index is 13.3. The fourth-order valence-electron chi connectivity index (χ4n) is 3.36. The van der Waals surface area contributed by atoms with Crippen molar-refractivity contribution in [2.24, 2.45) is 17.8 Å². The molecule has 0 aliphatic heterocycles.